The number of para-hydroxylation sites is 1. The van der Waals surface area contributed by atoms with Gasteiger partial charge in [0.05, 0.1) is 17.0 Å². The molecule has 0 spiro atoms. The van der Waals surface area contributed by atoms with Crippen molar-refractivity contribution in [1.82, 2.24) is 54.8 Å². The van der Waals surface area contributed by atoms with Crippen molar-refractivity contribution in [3.05, 3.63) is 404 Å². The van der Waals surface area contributed by atoms with Crippen LogP contribution in [0.4, 0.5) is 0 Å². The van der Waals surface area contributed by atoms with Crippen LogP contribution in [-0.4, -0.2) is 54.8 Å². The Morgan fingerprint density at radius 3 is 1.20 bits per heavy atom. The fraction of sp³-hybridized carbons (Fsp3) is 0. The Morgan fingerprint density at radius 2 is 0.587 bits per heavy atom. The summed E-state index contributed by atoms with van der Waals surface area (Å²) in [7, 11) is 0. The van der Waals surface area contributed by atoms with E-state index in [0.717, 1.165) is 103 Å². The van der Waals surface area contributed by atoms with Gasteiger partial charge in [-0.05, 0) is 184 Å². The van der Waals surface area contributed by atoms with E-state index in [2.05, 4.69) is 285 Å². The van der Waals surface area contributed by atoms with Crippen molar-refractivity contribution in [2.24, 2.45) is 0 Å². The predicted octanol–water partition coefficient (Wildman–Crippen LogP) is 30.5. The highest BCUT2D eigenvalue weighted by Crippen LogP contribution is 2.47. The standard InChI is InChI=1S/C39H22ClN5O.C37H22ClN3S.C33H20ClN3S/c40-39-44-37(27-16-15-23-7-1-2-9-25(23)21-27)43-38(45-39)31-14-6-13-30-32-22-26(17-18-33(32)46-36(30)31)34-35(42-20-19-41-34)29-12-5-10-24-8-3-4-11-28(24)29;38-37-40-35(25-11-5-2-6-12-25)39-36(41-37)30-16-8-15-29-32-22-27(19-20-33(32)42-34(29)30)26-18-17-24-13-7-14-28(31(24)21-26)23-9-3-1-4-10-23;34-33-36-31(22-12-5-2-6-13-22)35-32(37-33)27-17-9-16-26-28-20-23(18-19-29(28)38-30(26)27)25-15-8-7-14-24(25)21-10-3-1-4-11-21/h1-22H;1-22H;1-20H. The summed E-state index contributed by atoms with van der Waals surface area (Å²) in [6, 6.07) is 130. The molecule has 0 unspecified atom stereocenters. The first-order valence-corrected chi connectivity index (χ1v) is 43.7. The molecule has 0 radical (unpaired) electrons. The summed E-state index contributed by atoms with van der Waals surface area (Å²) in [5.74, 6) is 3.24. The average Bonchev–Trinajstić information content (AvgIpc) is 1.58. The van der Waals surface area contributed by atoms with Crippen LogP contribution >= 0.6 is 57.5 Å². The lowest BCUT2D eigenvalue weighted by Crippen LogP contribution is -1.97. The number of nitrogens with zero attached hydrogens (tertiary/aromatic N) is 11. The second-order valence-corrected chi connectivity index (χ2v) is 33.5. The Labute approximate surface area is 745 Å². The Hall–Kier alpha value is -15.3. The zero-order valence-corrected chi connectivity index (χ0v) is 70.6. The molecule has 0 N–H and O–H groups in total. The van der Waals surface area contributed by atoms with Crippen LogP contribution in [0.5, 0.6) is 0 Å². The number of fused-ring (bicyclic) bond motifs is 12. The van der Waals surface area contributed by atoms with E-state index in [-0.39, 0.29) is 15.9 Å². The van der Waals surface area contributed by atoms with Gasteiger partial charge in [-0.25, -0.2) is 15.0 Å². The predicted molar refractivity (Wildman–Crippen MR) is 521 cm³/mol. The molecule has 12 nitrogen and oxygen atoms in total. The highest BCUT2D eigenvalue weighted by molar-refractivity contribution is 7.26. The normalized spacial score (nSPS) is 11.5. The van der Waals surface area contributed by atoms with Crippen molar-refractivity contribution < 1.29 is 4.42 Å². The lowest BCUT2D eigenvalue weighted by atomic mass is 9.94. The van der Waals surface area contributed by atoms with Crippen molar-refractivity contribution in [2.45, 2.75) is 0 Å². The SMILES string of the molecule is Clc1nc(-c2ccc3ccccc3c2)nc(-c2cccc3c2oc2ccc(-c4nccnc4-c4cccc5ccccc45)cc23)n1.Clc1nc(-c2ccccc2)nc(-c2cccc3c2sc2ccc(-c4ccc5cccc(-c6ccccc6)c5c4)cc23)n1.Clc1nc(-c2ccccc2)nc(-c2cccc3c2sc2ccc(-c4ccccc4-c4ccccc4)cc23)n1. The zero-order chi connectivity index (χ0) is 84.1. The van der Waals surface area contributed by atoms with Crippen LogP contribution in [0.2, 0.25) is 15.9 Å². The second kappa shape index (κ2) is 33.2. The van der Waals surface area contributed by atoms with Gasteiger partial charge in [-0.3, -0.25) is 9.97 Å². The van der Waals surface area contributed by atoms with Crippen LogP contribution in [0, 0.1) is 0 Å². The first-order valence-electron chi connectivity index (χ1n) is 40.9. The summed E-state index contributed by atoms with van der Waals surface area (Å²) < 4.78 is 11.2. The van der Waals surface area contributed by atoms with Crippen LogP contribution in [-0.2, 0) is 0 Å². The Morgan fingerprint density at radius 1 is 0.206 bits per heavy atom. The number of hydrogen-bond acceptors (Lipinski definition) is 14. The Kier molecular flexibility index (Phi) is 20.2. The number of rotatable bonds is 12. The second-order valence-electron chi connectivity index (χ2n) is 30.3. The van der Waals surface area contributed by atoms with E-state index in [9.17, 15) is 0 Å². The van der Waals surface area contributed by atoms with Crippen molar-refractivity contribution in [2.75, 3.05) is 0 Å². The minimum absolute atomic E-state index is 0.118. The van der Waals surface area contributed by atoms with Gasteiger partial charge >= 0.3 is 0 Å². The molecule has 17 aromatic carbocycles. The van der Waals surface area contributed by atoms with Gasteiger partial charge < -0.3 is 4.42 Å². The summed E-state index contributed by atoms with van der Waals surface area (Å²) in [4.78, 5) is 50.8. The molecule has 0 atom stereocenters. The summed E-state index contributed by atoms with van der Waals surface area (Å²) in [6.07, 6.45) is 3.47. The topological polar surface area (TPSA) is 155 Å². The lowest BCUT2D eigenvalue weighted by Gasteiger charge is -2.10. The van der Waals surface area contributed by atoms with Crippen LogP contribution in [0.15, 0.2) is 393 Å². The Balaban J connectivity index is 0.000000112. The quantitative estimate of drug-likeness (QED) is 0.114. The molecule has 0 amide bonds. The molecule has 126 heavy (non-hydrogen) atoms. The van der Waals surface area contributed by atoms with Crippen LogP contribution in [0.3, 0.4) is 0 Å². The molecule has 0 aliphatic rings. The van der Waals surface area contributed by atoms with Crippen LogP contribution in [0.1, 0.15) is 0 Å². The molecular formula is C109H64Cl3N11OS2. The van der Waals surface area contributed by atoms with Crippen molar-refractivity contribution in [1.29, 1.82) is 0 Å². The fourth-order valence-electron chi connectivity index (χ4n) is 16.8. The minimum atomic E-state index is 0.118. The van der Waals surface area contributed by atoms with Gasteiger partial charge in [-0.2, -0.15) is 29.9 Å². The zero-order valence-electron chi connectivity index (χ0n) is 66.7. The van der Waals surface area contributed by atoms with Crippen molar-refractivity contribution >= 4 is 152 Å². The van der Waals surface area contributed by atoms with Crippen LogP contribution < -0.4 is 0 Å². The summed E-state index contributed by atoms with van der Waals surface area (Å²) in [5, 5.41) is 14.2. The molecule has 0 aliphatic carbocycles. The van der Waals surface area contributed by atoms with E-state index in [1.165, 1.54) is 86.2 Å². The van der Waals surface area contributed by atoms with Crippen LogP contribution in [0.25, 0.3) is 230 Å². The molecule has 7 heterocycles. The molecule has 24 rings (SSSR count). The smallest absolute Gasteiger partial charge is 0.226 e. The molecule has 24 aromatic rings. The molecule has 0 aliphatic heterocycles. The minimum Gasteiger partial charge on any atom is -0.455 e. The maximum absolute atomic E-state index is 6.48. The maximum Gasteiger partial charge on any atom is 0.226 e. The lowest BCUT2D eigenvalue weighted by molar-refractivity contribution is 0.669. The number of halogens is 3. The molecule has 0 fully saturated rings. The van der Waals surface area contributed by atoms with Gasteiger partial charge in [-0.15, -0.1) is 22.7 Å². The molecule has 7 aromatic heterocycles. The van der Waals surface area contributed by atoms with E-state index in [1.807, 2.05) is 121 Å². The fourth-order valence-corrected chi connectivity index (χ4v) is 19.7. The van der Waals surface area contributed by atoms with Gasteiger partial charge in [-0.1, -0.05) is 303 Å². The maximum atomic E-state index is 6.48. The monoisotopic (exact) mass is 1710 g/mol. The average molecular weight is 1710 g/mol. The van der Waals surface area contributed by atoms with E-state index in [1.54, 1.807) is 35.1 Å². The largest absolute Gasteiger partial charge is 0.455 e. The molecular weight excluding hydrogens is 1650 g/mol. The summed E-state index contributed by atoms with van der Waals surface area (Å²) in [5.41, 5.74) is 20.0. The highest BCUT2D eigenvalue weighted by atomic mass is 35.5. The number of aromatic nitrogens is 11. The van der Waals surface area contributed by atoms with Crippen molar-refractivity contribution in [3.63, 3.8) is 0 Å². The third-order valence-corrected chi connectivity index (χ3v) is 25.7. The van der Waals surface area contributed by atoms with Crippen molar-refractivity contribution in [3.8, 4) is 135 Å². The summed E-state index contributed by atoms with van der Waals surface area (Å²) >= 11 is 22.8. The molecule has 0 saturated carbocycles. The third-order valence-electron chi connectivity index (χ3n) is 22.7. The van der Waals surface area contributed by atoms with Gasteiger partial charge in [0.25, 0.3) is 0 Å². The number of furan rings is 1. The summed E-state index contributed by atoms with van der Waals surface area (Å²) in [6.45, 7) is 0. The van der Waals surface area contributed by atoms with Gasteiger partial charge in [0, 0.05) is 102 Å². The number of hydrogen-bond donors (Lipinski definition) is 0. The van der Waals surface area contributed by atoms with Gasteiger partial charge in [0.2, 0.25) is 15.9 Å². The van der Waals surface area contributed by atoms with E-state index in [4.69, 9.17) is 64.1 Å². The highest BCUT2D eigenvalue weighted by Gasteiger charge is 2.23. The molecule has 0 bridgehead atoms. The Bertz CT molecular complexity index is 8360. The first-order chi connectivity index (χ1) is 62.1. The molecule has 17 heteroatoms. The number of thiophene rings is 2. The van der Waals surface area contributed by atoms with Gasteiger partial charge in [0.1, 0.15) is 11.2 Å². The molecule has 0 saturated heterocycles. The van der Waals surface area contributed by atoms with E-state index >= 15 is 0 Å². The molecule has 594 valence electrons. The van der Waals surface area contributed by atoms with E-state index < -0.39 is 0 Å². The number of benzene rings is 17. The first kappa shape index (κ1) is 76.8. The third kappa shape index (κ3) is 14.8. The van der Waals surface area contributed by atoms with Gasteiger partial charge in [0.15, 0.2) is 34.9 Å². The van der Waals surface area contributed by atoms with E-state index in [0.29, 0.717) is 40.5 Å².